The second kappa shape index (κ2) is 10.7. The second-order valence-corrected chi connectivity index (χ2v) is 4.41. The number of amides is 1. The molecule has 1 unspecified atom stereocenters. The van der Waals surface area contributed by atoms with Gasteiger partial charge in [-0.3, -0.25) is 4.79 Å². The van der Waals surface area contributed by atoms with Gasteiger partial charge >= 0.3 is 0 Å². The van der Waals surface area contributed by atoms with Crippen LogP contribution in [0.25, 0.3) is 0 Å². The maximum Gasteiger partial charge on any atom is 0.219 e. The SMILES string of the molecule is CCCCCCC(C)/C=C\CNC(=O)CC. The van der Waals surface area contributed by atoms with Gasteiger partial charge in [-0.25, -0.2) is 0 Å². The van der Waals surface area contributed by atoms with Crippen LogP contribution in [0.2, 0.25) is 0 Å². The van der Waals surface area contributed by atoms with Crippen molar-refractivity contribution in [2.24, 2.45) is 5.92 Å². The number of hydrogen-bond acceptors (Lipinski definition) is 1. The lowest BCUT2D eigenvalue weighted by Crippen LogP contribution is -2.21. The van der Waals surface area contributed by atoms with Crippen molar-refractivity contribution in [3.8, 4) is 0 Å². The molecule has 0 aliphatic carbocycles. The smallest absolute Gasteiger partial charge is 0.219 e. The predicted octanol–water partition coefficient (Wildman–Crippen LogP) is 3.68. The molecule has 0 aliphatic heterocycles. The molecule has 0 aliphatic rings. The minimum atomic E-state index is 0.125. The summed E-state index contributed by atoms with van der Waals surface area (Å²) in [5.41, 5.74) is 0. The Morgan fingerprint density at radius 3 is 2.62 bits per heavy atom. The summed E-state index contributed by atoms with van der Waals surface area (Å²) in [6, 6.07) is 0. The van der Waals surface area contributed by atoms with Crippen LogP contribution in [0.4, 0.5) is 0 Å². The Balaban J connectivity index is 3.43. The van der Waals surface area contributed by atoms with Gasteiger partial charge in [0.2, 0.25) is 5.91 Å². The quantitative estimate of drug-likeness (QED) is 0.471. The van der Waals surface area contributed by atoms with Crippen LogP contribution in [0.5, 0.6) is 0 Å². The monoisotopic (exact) mass is 225 g/mol. The molecule has 0 aromatic heterocycles. The molecule has 1 atom stereocenters. The maximum absolute atomic E-state index is 11.0. The van der Waals surface area contributed by atoms with E-state index in [-0.39, 0.29) is 5.91 Å². The second-order valence-electron chi connectivity index (χ2n) is 4.41. The van der Waals surface area contributed by atoms with Gasteiger partial charge in [0.05, 0.1) is 0 Å². The Labute approximate surface area is 101 Å². The fourth-order valence-electron chi connectivity index (χ4n) is 1.59. The molecular weight excluding hydrogens is 198 g/mol. The highest BCUT2D eigenvalue weighted by atomic mass is 16.1. The van der Waals surface area contributed by atoms with E-state index in [9.17, 15) is 4.79 Å². The van der Waals surface area contributed by atoms with Gasteiger partial charge in [0.25, 0.3) is 0 Å². The Morgan fingerprint density at radius 1 is 1.25 bits per heavy atom. The van der Waals surface area contributed by atoms with E-state index in [1.165, 1.54) is 32.1 Å². The van der Waals surface area contributed by atoms with Crippen molar-refractivity contribution in [2.75, 3.05) is 6.54 Å². The molecule has 0 spiro atoms. The summed E-state index contributed by atoms with van der Waals surface area (Å²) in [6.07, 6.45) is 11.4. The lowest BCUT2D eigenvalue weighted by atomic mass is 10.0. The van der Waals surface area contributed by atoms with Crippen LogP contribution >= 0.6 is 0 Å². The molecule has 0 fully saturated rings. The highest BCUT2D eigenvalue weighted by Crippen LogP contribution is 2.11. The van der Waals surface area contributed by atoms with E-state index in [1.54, 1.807) is 0 Å². The summed E-state index contributed by atoms with van der Waals surface area (Å²) in [5, 5.41) is 2.84. The van der Waals surface area contributed by atoms with E-state index in [0.717, 1.165) is 0 Å². The summed E-state index contributed by atoms with van der Waals surface area (Å²) in [6.45, 7) is 7.02. The van der Waals surface area contributed by atoms with Gasteiger partial charge in [0.15, 0.2) is 0 Å². The predicted molar refractivity (Wildman–Crippen MR) is 70.4 cm³/mol. The maximum atomic E-state index is 11.0. The first-order valence-electron chi connectivity index (χ1n) is 6.64. The van der Waals surface area contributed by atoms with Gasteiger partial charge in [-0.15, -0.1) is 0 Å². The van der Waals surface area contributed by atoms with Gasteiger partial charge in [-0.1, -0.05) is 58.6 Å². The fourth-order valence-corrected chi connectivity index (χ4v) is 1.59. The van der Waals surface area contributed by atoms with Crippen LogP contribution in [0.15, 0.2) is 12.2 Å². The van der Waals surface area contributed by atoms with Crippen molar-refractivity contribution in [3.63, 3.8) is 0 Å². The number of carbonyl (C=O) groups excluding carboxylic acids is 1. The van der Waals surface area contributed by atoms with E-state index in [1.807, 2.05) is 6.92 Å². The third-order valence-corrected chi connectivity index (χ3v) is 2.72. The van der Waals surface area contributed by atoms with Crippen molar-refractivity contribution < 1.29 is 4.79 Å². The van der Waals surface area contributed by atoms with Gasteiger partial charge in [0, 0.05) is 13.0 Å². The molecule has 0 bridgehead atoms. The molecule has 0 aromatic carbocycles. The fraction of sp³-hybridized carbons (Fsp3) is 0.786. The van der Waals surface area contributed by atoms with Crippen LogP contribution in [0, 0.1) is 5.92 Å². The Hall–Kier alpha value is -0.790. The molecule has 2 nitrogen and oxygen atoms in total. The summed E-state index contributed by atoms with van der Waals surface area (Å²) in [4.78, 5) is 11.0. The number of allylic oxidation sites excluding steroid dienone is 1. The molecule has 0 saturated carbocycles. The van der Waals surface area contributed by atoms with E-state index < -0.39 is 0 Å². The summed E-state index contributed by atoms with van der Waals surface area (Å²) < 4.78 is 0. The van der Waals surface area contributed by atoms with Gasteiger partial charge in [-0.05, 0) is 12.3 Å². The summed E-state index contributed by atoms with van der Waals surface area (Å²) >= 11 is 0. The molecule has 0 saturated heterocycles. The average molecular weight is 225 g/mol. The largest absolute Gasteiger partial charge is 0.353 e. The van der Waals surface area contributed by atoms with E-state index in [2.05, 4.69) is 31.3 Å². The minimum absolute atomic E-state index is 0.125. The Morgan fingerprint density at radius 2 is 2.00 bits per heavy atom. The number of nitrogens with one attached hydrogen (secondary N) is 1. The van der Waals surface area contributed by atoms with E-state index in [0.29, 0.717) is 18.9 Å². The first-order chi connectivity index (χ1) is 7.70. The molecular formula is C14H27NO. The number of rotatable bonds is 9. The van der Waals surface area contributed by atoms with Crippen molar-refractivity contribution in [3.05, 3.63) is 12.2 Å². The highest BCUT2D eigenvalue weighted by molar-refractivity contribution is 5.75. The number of unbranched alkanes of at least 4 members (excludes halogenated alkanes) is 3. The lowest BCUT2D eigenvalue weighted by molar-refractivity contribution is -0.120. The van der Waals surface area contributed by atoms with Crippen LogP contribution in [-0.4, -0.2) is 12.5 Å². The summed E-state index contributed by atoms with van der Waals surface area (Å²) in [7, 11) is 0. The molecule has 2 heteroatoms. The standard InChI is InChI=1S/C14H27NO/c1-4-6-7-8-10-13(3)11-9-12-15-14(16)5-2/h9,11,13H,4-8,10,12H2,1-3H3,(H,15,16)/b11-9-. The van der Waals surface area contributed by atoms with Crippen LogP contribution in [-0.2, 0) is 4.79 Å². The first kappa shape index (κ1) is 15.2. The van der Waals surface area contributed by atoms with Crippen LogP contribution in [0.1, 0.15) is 59.3 Å². The molecule has 0 rings (SSSR count). The van der Waals surface area contributed by atoms with Crippen LogP contribution in [0.3, 0.4) is 0 Å². The molecule has 0 radical (unpaired) electrons. The van der Waals surface area contributed by atoms with Crippen molar-refractivity contribution in [1.82, 2.24) is 5.32 Å². The van der Waals surface area contributed by atoms with Gasteiger partial charge < -0.3 is 5.32 Å². The lowest BCUT2D eigenvalue weighted by Gasteiger charge is -2.05. The first-order valence-corrected chi connectivity index (χ1v) is 6.64. The van der Waals surface area contributed by atoms with E-state index >= 15 is 0 Å². The van der Waals surface area contributed by atoms with Crippen molar-refractivity contribution in [2.45, 2.75) is 59.3 Å². The van der Waals surface area contributed by atoms with Crippen molar-refractivity contribution in [1.29, 1.82) is 0 Å². The normalized spacial score (nSPS) is 12.9. The molecule has 0 heterocycles. The summed E-state index contributed by atoms with van der Waals surface area (Å²) in [5.74, 6) is 0.760. The van der Waals surface area contributed by atoms with Gasteiger partial charge in [0.1, 0.15) is 0 Å². The van der Waals surface area contributed by atoms with Crippen molar-refractivity contribution >= 4 is 5.91 Å². The Kier molecular flexibility index (Phi) is 10.2. The third kappa shape index (κ3) is 9.75. The number of carbonyl (C=O) groups is 1. The molecule has 16 heavy (non-hydrogen) atoms. The molecule has 0 aromatic rings. The number of hydrogen-bond donors (Lipinski definition) is 1. The third-order valence-electron chi connectivity index (χ3n) is 2.72. The Bertz CT molecular complexity index is 199. The van der Waals surface area contributed by atoms with E-state index in [4.69, 9.17) is 0 Å². The molecule has 94 valence electrons. The topological polar surface area (TPSA) is 29.1 Å². The zero-order valence-electron chi connectivity index (χ0n) is 11.1. The minimum Gasteiger partial charge on any atom is -0.353 e. The molecule has 1 N–H and O–H groups in total. The van der Waals surface area contributed by atoms with Gasteiger partial charge in [-0.2, -0.15) is 0 Å². The highest BCUT2D eigenvalue weighted by Gasteiger charge is 1.97. The van der Waals surface area contributed by atoms with Crippen LogP contribution < -0.4 is 5.32 Å². The zero-order valence-corrected chi connectivity index (χ0v) is 11.1. The molecule has 1 amide bonds. The zero-order chi connectivity index (χ0) is 12.2. The average Bonchev–Trinajstić information content (AvgIpc) is 2.30.